The van der Waals surface area contributed by atoms with Crippen molar-refractivity contribution in [2.75, 3.05) is 26.2 Å². The first-order valence-electron chi connectivity index (χ1n) is 9.77. The topological polar surface area (TPSA) is 72.9 Å². The summed E-state index contributed by atoms with van der Waals surface area (Å²) in [5.41, 5.74) is 2.00. The number of likely N-dealkylation sites (N-methyl/N-ethyl adjacent to an activating group) is 1. The van der Waals surface area contributed by atoms with Gasteiger partial charge in [0.1, 0.15) is 5.82 Å². The highest BCUT2D eigenvalue weighted by atomic mass is 19.1. The molecule has 7 heteroatoms. The second-order valence-corrected chi connectivity index (χ2v) is 7.41. The Labute approximate surface area is 159 Å². The number of urea groups is 1. The van der Waals surface area contributed by atoms with Crippen LogP contribution in [0.2, 0.25) is 0 Å². The highest BCUT2D eigenvalue weighted by Crippen LogP contribution is 2.30. The molecule has 1 aliphatic heterocycles. The molecule has 3 rings (SSSR count). The summed E-state index contributed by atoms with van der Waals surface area (Å²) in [6, 6.07) is 4.77. The van der Waals surface area contributed by atoms with Gasteiger partial charge in [0, 0.05) is 19.1 Å². The monoisotopic (exact) mass is 377 g/mol. The number of fused-ring (bicyclic) bond motifs is 1. The van der Waals surface area contributed by atoms with Crippen molar-refractivity contribution in [1.82, 2.24) is 15.1 Å². The van der Waals surface area contributed by atoms with Crippen LogP contribution in [0.4, 0.5) is 9.18 Å². The van der Waals surface area contributed by atoms with Gasteiger partial charge in [0.25, 0.3) is 0 Å². The van der Waals surface area contributed by atoms with Gasteiger partial charge in [-0.3, -0.25) is 9.69 Å². The molecule has 6 nitrogen and oxygen atoms in total. The highest BCUT2D eigenvalue weighted by molar-refractivity contribution is 5.75. The van der Waals surface area contributed by atoms with Crippen LogP contribution >= 0.6 is 0 Å². The molecule has 27 heavy (non-hydrogen) atoms. The molecule has 2 N–H and O–H groups in total. The first-order valence-corrected chi connectivity index (χ1v) is 9.77. The maximum Gasteiger partial charge on any atom is 0.317 e. The van der Waals surface area contributed by atoms with Gasteiger partial charge in [-0.1, -0.05) is 13.0 Å². The van der Waals surface area contributed by atoms with Crippen LogP contribution in [0.1, 0.15) is 49.8 Å². The van der Waals surface area contributed by atoms with E-state index < -0.39 is 5.97 Å². The van der Waals surface area contributed by atoms with Crippen LogP contribution in [0, 0.1) is 5.82 Å². The number of aliphatic carboxylic acids is 1. The van der Waals surface area contributed by atoms with E-state index in [1.165, 1.54) is 12.1 Å². The van der Waals surface area contributed by atoms with Crippen molar-refractivity contribution in [1.29, 1.82) is 0 Å². The summed E-state index contributed by atoms with van der Waals surface area (Å²) in [5.74, 6) is -1.09. The lowest BCUT2D eigenvalue weighted by Crippen LogP contribution is -2.51. The predicted octanol–water partition coefficient (Wildman–Crippen LogP) is 2.78. The summed E-state index contributed by atoms with van der Waals surface area (Å²) in [4.78, 5) is 27.4. The molecular weight excluding hydrogens is 349 g/mol. The molecule has 1 saturated heterocycles. The van der Waals surface area contributed by atoms with Gasteiger partial charge in [-0.25, -0.2) is 9.18 Å². The number of piperidine rings is 1. The summed E-state index contributed by atoms with van der Waals surface area (Å²) < 4.78 is 13.6. The number of amides is 2. The summed E-state index contributed by atoms with van der Waals surface area (Å²) >= 11 is 0. The maximum absolute atomic E-state index is 13.6. The number of halogens is 1. The van der Waals surface area contributed by atoms with Gasteiger partial charge in [-0.15, -0.1) is 0 Å². The van der Waals surface area contributed by atoms with Crippen LogP contribution in [-0.4, -0.2) is 59.1 Å². The zero-order valence-electron chi connectivity index (χ0n) is 15.8. The van der Waals surface area contributed by atoms with Gasteiger partial charge in [0.2, 0.25) is 0 Å². The molecule has 1 heterocycles. The molecule has 0 radical (unpaired) electrons. The fraction of sp³-hybridized carbons (Fsp3) is 0.600. The minimum absolute atomic E-state index is 0.0395. The number of nitrogens with zero attached hydrogens (tertiary/aromatic N) is 2. The van der Waals surface area contributed by atoms with Crippen LogP contribution in [0.25, 0.3) is 0 Å². The SMILES string of the molecule is CCN(CC(=O)O)C1CCN(C(=O)N[C@H]2CCCc3ccc(F)cc32)CC1. The zero-order chi connectivity index (χ0) is 19.4. The molecule has 0 unspecified atom stereocenters. The molecule has 1 fully saturated rings. The lowest BCUT2D eigenvalue weighted by atomic mass is 9.87. The van der Waals surface area contributed by atoms with Gasteiger partial charge in [0.15, 0.2) is 0 Å². The maximum atomic E-state index is 13.6. The number of carboxylic acids is 1. The number of hydrogen-bond acceptors (Lipinski definition) is 3. The van der Waals surface area contributed by atoms with Crippen molar-refractivity contribution in [3.8, 4) is 0 Å². The molecule has 1 aliphatic carbocycles. The highest BCUT2D eigenvalue weighted by Gasteiger charge is 2.29. The third-order valence-electron chi connectivity index (χ3n) is 5.73. The third-order valence-corrected chi connectivity index (χ3v) is 5.73. The number of nitrogens with one attached hydrogen (secondary N) is 1. The third kappa shape index (κ3) is 4.77. The van der Waals surface area contributed by atoms with E-state index in [2.05, 4.69) is 5.32 Å². The smallest absolute Gasteiger partial charge is 0.317 e. The van der Waals surface area contributed by atoms with Gasteiger partial charge < -0.3 is 15.3 Å². The van der Waals surface area contributed by atoms with Gasteiger partial charge in [-0.05, 0) is 61.9 Å². The molecule has 148 valence electrons. The van der Waals surface area contributed by atoms with E-state index in [0.717, 1.165) is 43.2 Å². The lowest BCUT2D eigenvalue weighted by molar-refractivity contribution is -0.139. The number of carbonyl (C=O) groups is 2. The van der Waals surface area contributed by atoms with Gasteiger partial charge in [-0.2, -0.15) is 0 Å². The summed E-state index contributed by atoms with van der Waals surface area (Å²) in [6.45, 7) is 3.90. The fourth-order valence-corrected chi connectivity index (χ4v) is 4.27. The first-order chi connectivity index (χ1) is 13.0. The Balaban J connectivity index is 1.56. The van der Waals surface area contributed by atoms with Crippen LogP contribution in [0.15, 0.2) is 18.2 Å². The molecule has 0 bridgehead atoms. The van der Waals surface area contributed by atoms with Gasteiger partial charge in [0.05, 0.1) is 12.6 Å². The molecular formula is C20H28FN3O3. The summed E-state index contributed by atoms with van der Waals surface area (Å²) in [7, 11) is 0. The molecule has 1 aromatic carbocycles. The number of likely N-dealkylation sites (tertiary alicyclic amines) is 1. The second-order valence-electron chi connectivity index (χ2n) is 7.41. The van der Waals surface area contributed by atoms with Crippen molar-refractivity contribution in [2.45, 2.75) is 51.1 Å². The summed E-state index contributed by atoms with van der Waals surface area (Å²) in [6.07, 6.45) is 4.26. The van der Waals surface area contributed by atoms with Crippen molar-refractivity contribution in [3.63, 3.8) is 0 Å². The predicted molar refractivity (Wildman–Crippen MR) is 100 cm³/mol. The number of hydrogen-bond donors (Lipinski definition) is 2. The Morgan fingerprint density at radius 1 is 1.30 bits per heavy atom. The number of rotatable bonds is 5. The van der Waals surface area contributed by atoms with Crippen molar-refractivity contribution >= 4 is 12.0 Å². The second kappa shape index (κ2) is 8.69. The molecule has 0 aromatic heterocycles. The van der Waals surface area contributed by atoms with E-state index in [1.807, 2.05) is 17.9 Å². The van der Waals surface area contributed by atoms with E-state index in [9.17, 15) is 14.0 Å². The van der Waals surface area contributed by atoms with Crippen molar-refractivity contribution in [2.24, 2.45) is 0 Å². The normalized spacial score (nSPS) is 20.4. The number of carbonyl (C=O) groups excluding carboxylic acids is 1. The molecule has 0 saturated carbocycles. The number of benzene rings is 1. The Kier molecular flexibility index (Phi) is 6.31. The summed E-state index contributed by atoms with van der Waals surface area (Å²) in [5, 5.41) is 12.1. The van der Waals surface area contributed by atoms with Gasteiger partial charge >= 0.3 is 12.0 Å². The van der Waals surface area contributed by atoms with Crippen molar-refractivity contribution in [3.05, 3.63) is 35.1 Å². The molecule has 2 amide bonds. The molecule has 2 aliphatic rings. The molecule has 0 spiro atoms. The molecule has 1 aromatic rings. The molecule has 1 atom stereocenters. The Bertz CT molecular complexity index is 689. The van der Waals surface area contributed by atoms with E-state index >= 15 is 0 Å². The van der Waals surface area contributed by atoms with E-state index in [4.69, 9.17) is 5.11 Å². The van der Waals surface area contributed by atoms with E-state index in [-0.39, 0.29) is 30.5 Å². The number of carboxylic acid groups (broad SMARTS) is 1. The van der Waals surface area contributed by atoms with Crippen LogP contribution in [0.5, 0.6) is 0 Å². The van der Waals surface area contributed by atoms with Crippen LogP contribution < -0.4 is 5.32 Å². The van der Waals surface area contributed by atoms with Crippen molar-refractivity contribution < 1.29 is 19.1 Å². The average molecular weight is 377 g/mol. The Morgan fingerprint density at radius 2 is 2.04 bits per heavy atom. The number of aryl methyl sites for hydroxylation is 1. The minimum Gasteiger partial charge on any atom is -0.480 e. The van der Waals surface area contributed by atoms with E-state index in [0.29, 0.717) is 19.6 Å². The van der Waals surface area contributed by atoms with E-state index in [1.54, 1.807) is 4.90 Å². The largest absolute Gasteiger partial charge is 0.480 e. The Morgan fingerprint density at radius 3 is 2.70 bits per heavy atom. The average Bonchev–Trinajstić information content (AvgIpc) is 2.66. The fourth-order valence-electron chi connectivity index (χ4n) is 4.27. The standard InChI is InChI=1S/C20H28FN3O3/c1-2-23(13-19(25)26)16-8-10-24(11-9-16)20(27)22-18-5-3-4-14-6-7-15(21)12-17(14)18/h6-7,12,16,18H,2-5,8-11,13H2,1H3,(H,22,27)(H,25,26)/t18-/m0/s1. The van der Waals surface area contributed by atoms with Crippen LogP contribution in [-0.2, 0) is 11.2 Å². The van der Waals surface area contributed by atoms with Crippen LogP contribution in [0.3, 0.4) is 0 Å². The lowest BCUT2D eigenvalue weighted by Gasteiger charge is -2.38. The quantitative estimate of drug-likeness (QED) is 0.828. The first kappa shape index (κ1) is 19.6. The minimum atomic E-state index is -0.819. The Hall–Kier alpha value is -2.15. The zero-order valence-corrected chi connectivity index (χ0v) is 15.8.